The van der Waals surface area contributed by atoms with Gasteiger partial charge in [-0.25, -0.2) is 0 Å². The Morgan fingerprint density at radius 3 is 1.48 bits per heavy atom. The van der Waals surface area contributed by atoms with Gasteiger partial charge in [0.05, 0.1) is 44.6 Å². The summed E-state index contributed by atoms with van der Waals surface area (Å²) in [6, 6.07) is 46.3. The van der Waals surface area contributed by atoms with Gasteiger partial charge < -0.3 is 23.4 Å². The first-order valence-corrected chi connectivity index (χ1v) is 26.7. The summed E-state index contributed by atoms with van der Waals surface area (Å²) in [5, 5.41) is 16.0. The Hall–Kier alpha value is -6.97. The molecule has 2 N–H and O–H groups in total. The zero-order valence-electron chi connectivity index (χ0n) is 47.4. The Kier molecular flexibility index (Phi) is 19.5. The second kappa shape index (κ2) is 25.6. The maximum absolute atomic E-state index is 13.0. The van der Waals surface area contributed by atoms with Crippen LogP contribution in [0.1, 0.15) is 113 Å². The van der Waals surface area contributed by atoms with E-state index in [1.165, 1.54) is 34.7 Å². The molecule has 2 fully saturated rings. The van der Waals surface area contributed by atoms with Crippen LogP contribution in [0.25, 0.3) is 22.9 Å². The van der Waals surface area contributed by atoms with E-state index in [0.717, 1.165) is 91.8 Å². The van der Waals surface area contributed by atoms with E-state index in [1.807, 2.05) is 56.3 Å². The number of ether oxygens (including phenoxy) is 4. The minimum atomic E-state index is -0.386. The number of nitrogens with one attached hydrogen (secondary N) is 2. The van der Waals surface area contributed by atoms with Crippen molar-refractivity contribution in [3.05, 3.63) is 189 Å². The second-order valence-electron chi connectivity index (χ2n) is 21.8. The van der Waals surface area contributed by atoms with Gasteiger partial charge in [-0.2, -0.15) is 32.3 Å². The number of nitriles is 1. The van der Waals surface area contributed by atoms with Crippen molar-refractivity contribution in [2.24, 2.45) is 0 Å². The first-order chi connectivity index (χ1) is 37.5. The van der Waals surface area contributed by atoms with Crippen molar-refractivity contribution in [1.29, 1.82) is 5.26 Å². The molecule has 6 aromatic carbocycles. The number of aromatic nitrogens is 2. The molecule has 1 aromatic heterocycles. The molecule has 2 atom stereocenters. The summed E-state index contributed by atoms with van der Waals surface area (Å²) in [5.41, 5.74) is 16.6. The largest absolute Gasteiger partial charge is 0.496 e. The lowest BCUT2D eigenvalue weighted by Crippen LogP contribution is -2.54. The summed E-state index contributed by atoms with van der Waals surface area (Å²) in [6.45, 7) is 17.0. The third kappa shape index (κ3) is 13.1. The van der Waals surface area contributed by atoms with Gasteiger partial charge in [-0.05, 0) is 185 Å². The van der Waals surface area contributed by atoms with Gasteiger partial charge in [-0.15, -0.1) is 10.2 Å². The molecule has 2 amide bonds. The van der Waals surface area contributed by atoms with Gasteiger partial charge >= 0.3 is 0 Å². The second-order valence-corrected chi connectivity index (χ2v) is 21.8. The first-order valence-electron chi connectivity index (χ1n) is 26.7. The van der Waals surface area contributed by atoms with E-state index in [4.69, 9.17) is 28.6 Å². The molecule has 420 valence electrons. The van der Waals surface area contributed by atoms with Crippen LogP contribution >= 0.6 is 27.0 Å². The summed E-state index contributed by atoms with van der Waals surface area (Å²) >= 11 is 0. The lowest BCUT2D eigenvalue weighted by molar-refractivity contribution is -0.0676. The molecular weight excluding hydrogens is 1040 g/mol. The number of fused-ring (bicyclic) bond motifs is 2. The summed E-state index contributed by atoms with van der Waals surface area (Å²) in [4.78, 5) is 30.6. The van der Waals surface area contributed by atoms with Crippen molar-refractivity contribution in [3.8, 4) is 40.5 Å². The molecule has 16 heteroatoms. The van der Waals surface area contributed by atoms with Gasteiger partial charge in [0.1, 0.15) is 22.9 Å². The zero-order valence-corrected chi connectivity index (χ0v) is 49.4. The minimum Gasteiger partial charge on any atom is -0.496 e. The summed E-state index contributed by atoms with van der Waals surface area (Å²) in [5.74, 6) is 1.85. The Balaban J connectivity index is 0.000000215. The maximum atomic E-state index is 13.0. The highest BCUT2D eigenvalue weighted by Gasteiger charge is 2.54. The number of carbonyl (C=O) groups is 2. The number of carbonyl (C=O) groups excluding carboxylic acids is 2. The quantitative estimate of drug-likeness (QED) is 0.125. The first kappa shape index (κ1) is 60.7. The SMILES string of the molecule is CC#N.COc1ccc(-c2nnc(-c3ccc4c(c3)C[C@@]3(CC4)COC(C)(C)N3Cc3ccccc3)o2)cc1C.COc1ccc(C(=O)NNC(=O)c2ccc3c(c2)C[C@@]2(CC3)COC(C)(C)N2Cc2ccccc2)cc1C.S.S. The predicted molar refractivity (Wildman–Crippen MR) is 321 cm³/mol. The van der Waals surface area contributed by atoms with Gasteiger partial charge in [-0.3, -0.25) is 30.2 Å². The molecule has 2 aliphatic carbocycles. The van der Waals surface area contributed by atoms with Crippen molar-refractivity contribution in [2.45, 2.75) is 123 Å². The number of hydrogen-bond acceptors (Lipinski definition) is 12. The number of benzene rings is 6. The molecule has 0 saturated carbocycles. The summed E-state index contributed by atoms with van der Waals surface area (Å²) in [6.07, 6.45) is 5.77. The Morgan fingerprint density at radius 2 is 1.00 bits per heavy atom. The number of rotatable bonds is 10. The van der Waals surface area contributed by atoms with Gasteiger partial charge in [0.15, 0.2) is 0 Å². The van der Waals surface area contributed by atoms with Crippen molar-refractivity contribution >= 4 is 38.8 Å². The van der Waals surface area contributed by atoms with Crippen molar-refractivity contribution in [2.75, 3.05) is 27.4 Å². The monoisotopic (exact) mass is 1120 g/mol. The molecule has 4 aliphatic rings. The van der Waals surface area contributed by atoms with Gasteiger partial charge in [-0.1, -0.05) is 72.8 Å². The van der Waals surface area contributed by atoms with Crippen molar-refractivity contribution < 1.29 is 33.0 Å². The van der Waals surface area contributed by atoms with Crippen molar-refractivity contribution in [1.82, 2.24) is 30.8 Å². The molecule has 80 heavy (non-hydrogen) atoms. The standard InChI is InChI=1S/C31H35N3O4.C31H33N3O3.C2H3N.2H2S/c1-21-16-24(12-13-27(21)37-4)28(35)32-33-29(36)25-11-10-23-14-15-31(18-26(23)17-25)20-38-30(2,3)34(31)19-22-8-6-5-7-9-22;1-21-16-24(12-13-27(21)35-4)28-32-33-29(37-28)25-11-10-23-14-15-31(18-26(23)17-25)20-36-30(2,3)34(31)19-22-8-6-5-7-9-22;1-2-3;;/h5-13,16-17H,14-15,18-20H2,1-4H3,(H,32,35)(H,33,36);5-13,16-17H,14-15,18-20H2,1-4H3;1H3;2*1H2/t2*31-;;;/m00.../s1. The highest BCUT2D eigenvalue weighted by Crippen LogP contribution is 2.46. The van der Waals surface area contributed by atoms with Crippen LogP contribution in [0.4, 0.5) is 0 Å². The number of methoxy groups -OCH3 is 2. The number of hydrazine groups is 1. The topological polar surface area (TPSA) is 164 Å². The average Bonchev–Trinajstić information content (AvgIpc) is 4.10. The van der Waals surface area contributed by atoms with Gasteiger partial charge in [0, 0.05) is 42.3 Å². The molecule has 2 saturated heterocycles. The van der Waals surface area contributed by atoms with Crippen LogP contribution in [0.2, 0.25) is 0 Å². The predicted octanol–water partition coefficient (Wildman–Crippen LogP) is 11.5. The summed E-state index contributed by atoms with van der Waals surface area (Å²) in [7, 11) is 3.26. The molecule has 14 nitrogen and oxygen atoms in total. The van der Waals surface area contributed by atoms with Gasteiger partial charge in [0.25, 0.3) is 11.8 Å². The smallest absolute Gasteiger partial charge is 0.269 e. The van der Waals surface area contributed by atoms with E-state index in [2.05, 4.69) is 131 Å². The van der Waals surface area contributed by atoms with Crippen LogP contribution < -0.4 is 20.3 Å². The Morgan fingerprint density at radius 1 is 0.588 bits per heavy atom. The van der Waals surface area contributed by atoms with Crippen molar-refractivity contribution in [3.63, 3.8) is 0 Å². The number of hydrogen-bond donors (Lipinski definition) is 2. The van der Waals surface area contributed by atoms with Crippen LogP contribution in [0.15, 0.2) is 138 Å². The van der Waals surface area contributed by atoms with E-state index in [9.17, 15) is 9.59 Å². The normalized spacial score (nSPS) is 19.2. The molecule has 3 heterocycles. The molecule has 11 rings (SSSR count). The highest BCUT2D eigenvalue weighted by atomic mass is 32.1. The fourth-order valence-corrected chi connectivity index (χ4v) is 11.7. The van der Waals surface area contributed by atoms with Crippen LogP contribution in [0.5, 0.6) is 11.5 Å². The van der Waals surface area contributed by atoms with Crippen LogP contribution in [0, 0.1) is 25.2 Å². The Labute approximate surface area is 485 Å². The van der Waals surface area contributed by atoms with E-state index >= 15 is 0 Å². The maximum Gasteiger partial charge on any atom is 0.269 e. The lowest BCUT2D eigenvalue weighted by Gasteiger charge is -2.45. The molecule has 2 aliphatic heterocycles. The van der Waals surface area contributed by atoms with Crippen LogP contribution in [-0.4, -0.2) is 81.8 Å². The minimum absolute atomic E-state index is 0. The zero-order chi connectivity index (χ0) is 55.2. The highest BCUT2D eigenvalue weighted by molar-refractivity contribution is 7.59. The van der Waals surface area contributed by atoms with Crippen LogP contribution in [-0.2, 0) is 48.2 Å². The van der Waals surface area contributed by atoms with E-state index in [1.54, 1.807) is 38.5 Å². The average molecular weight is 1120 g/mol. The van der Waals surface area contributed by atoms with E-state index in [-0.39, 0.29) is 61.3 Å². The number of amides is 2. The third-order valence-corrected chi connectivity index (χ3v) is 15.9. The molecule has 0 bridgehead atoms. The van der Waals surface area contributed by atoms with Crippen LogP contribution in [0.3, 0.4) is 0 Å². The molecule has 7 aromatic rings. The van der Waals surface area contributed by atoms with E-state index in [0.29, 0.717) is 35.3 Å². The fourth-order valence-electron chi connectivity index (χ4n) is 11.7. The molecule has 0 radical (unpaired) electrons. The van der Waals surface area contributed by atoms with Gasteiger partial charge in [0.2, 0.25) is 11.8 Å². The summed E-state index contributed by atoms with van der Waals surface area (Å²) < 4.78 is 29.5. The molecule has 0 unspecified atom stereocenters. The van der Waals surface area contributed by atoms with E-state index < -0.39 is 0 Å². The Bertz CT molecular complexity index is 3330. The molecule has 2 spiro atoms. The lowest BCUT2D eigenvalue weighted by atomic mass is 9.76. The third-order valence-electron chi connectivity index (χ3n) is 15.9. The fraction of sp³-hybridized carbons (Fsp3) is 0.359. The molecular formula is C64H75N7O7S2. The number of aryl methyl sites for hydroxylation is 4. The number of nitrogens with zero attached hydrogens (tertiary/aromatic N) is 5.